The molecule has 2 aliphatic rings. The fraction of sp³-hybridized carbons (Fsp3) is 0.167. The molecule has 0 aromatic heterocycles. The van der Waals surface area contributed by atoms with E-state index in [2.05, 4.69) is 6.08 Å². The Bertz CT molecular complexity index is 766. The standard InChI is InChI=1S/C18H14FNO/c19-14-7-1-5-13(10-14)16-11-17(21)20-9-3-6-12-4-2-8-15(16)18(12)20/h1-8,10,16H,9,11H2. The summed E-state index contributed by atoms with van der Waals surface area (Å²) >= 11 is 0. The van der Waals surface area contributed by atoms with Crippen LogP contribution in [0.1, 0.15) is 29.0 Å². The molecule has 1 amide bonds. The van der Waals surface area contributed by atoms with E-state index < -0.39 is 0 Å². The van der Waals surface area contributed by atoms with Crippen molar-refractivity contribution in [2.45, 2.75) is 12.3 Å². The van der Waals surface area contributed by atoms with E-state index in [1.165, 1.54) is 12.1 Å². The zero-order chi connectivity index (χ0) is 14.4. The van der Waals surface area contributed by atoms with Gasteiger partial charge in [0.1, 0.15) is 5.82 Å². The molecule has 0 aliphatic carbocycles. The van der Waals surface area contributed by atoms with Crippen LogP contribution in [-0.2, 0) is 4.79 Å². The second-order valence-electron chi connectivity index (χ2n) is 5.50. The third-order valence-electron chi connectivity index (χ3n) is 4.26. The lowest BCUT2D eigenvalue weighted by molar-refractivity contribution is -0.119. The van der Waals surface area contributed by atoms with Crippen LogP contribution in [-0.4, -0.2) is 12.5 Å². The molecule has 0 N–H and O–H groups in total. The van der Waals surface area contributed by atoms with Crippen LogP contribution >= 0.6 is 0 Å². The Morgan fingerprint density at radius 2 is 2.00 bits per heavy atom. The molecule has 0 bridgehead atoms. The molecule has 4 rings (SSSR count). The van der Waals surface area contributed by atoms with Crippen molar-refractivity contribution in [1.82, 2.24) is 0 Å². The quantitative estimate of drug-likeness (QED) is 0.779. The third kappa shape index (κ3) is 1.88. The van der Waals surface area contributed by atoms with Crippen molar-refractivity contribution < 1.29 is 9.18 Å². The Kier molecular flexibility index (Phi) is 2.67. The molecule has 1 unspecified atom stereocenters. The first-order chi connectivity index (χ1) is 10.2. The number of rotatable bonds is 1. The van der Waals surface area contributed by atoms with Gasteiger partial charge in [-0.3, -0.25) is 4.79 Å². The fourth-order valence-corrected chi connectivity index (χ4v) is 3.33. The maximum atomic E-state index is 13.5. The van der Waals surface area contributed by atoms with Crippen LogP contribution in [0.15, 0.2) is 48.5 Å². The number of anilines is 1. The molecule has 2 aromatic carbocycles. The topological polar surface area (TPSA) is 20.3 Å². The zero-order valence-electron chi connectivity index (χ0n) is 11.4. The first-order valence-electron chi connectivity index (χ1n) is 7.09. The van der Waals surface area contributed by atoms with E-state index in [9.17, 15) is 9.18 Å². The highest BCUT2D eigenvalue weighted by Gasteiger charge is 2.34. The summed E-state index contributed by atoms with van der Waals surface area (Å²) in [7, 11) is 0. The largest absolute Gasteiger partial charge is 0.308 e. The van der Waals surface area contributed by atoms with Gasteiger partial charge in [-0.1, -0.05) is 42.5 Å². The number of amides is 1. The summed E-state index contributed by atoms with van der Waals surface area (Å²) in [6.07, 6.45) is 4.46. The molecular formula is C18H14FNO. The van der Waals surface area contributed by atoms with E-state index in [4.69, 9.17) is 0 Å². The van der Waals surface area contributed by atoms with Crippen molar-refractivity contribution in [2.75, 3.05) is 11.4 Å². The molecule has 0 saturated carbocycles. The molecule has 1 atom stereocenters. The minimum Gasteiger partial charge on any atom is -0.308 e. The average Bonchev–Trinajstić information content (AvgIpc) is 2.51. The molecule has 21 heavy (non-hydrogen) atoms. The molecule has 2 heterocycles. The van der Waals surface area contributed by atoms with Gasteiger partial charge in [0, 0.05) is 18.9 Å². The number of nitrogens with zero attached hydrogens (tertiary/aromatic N) is 1. The maximum Gasteiger partial charge on any atom is 0.228 e. The number of benzene rings is 2. The second-order valence-corrected chi connectivity index (χ2v) is 5.50. The van der Waals surface area contributed by atoms with Crippen LogP contribution in [0.2, 0.25) is 0 Å². The summed E-state index contributed by atoms with van der Waals surface area (Å²) in [5, 5.41) is 0. The van der Waals surface area contributed by atoms with Gasteiger partial charge in [-0.25, -0.2) is 4.39 Å². The number of carbonyl (C=O) groups is 1. The van der Waals surface area contributed by atoms with Crippen LogP contribution in [0, 0.1) is 5.82 Å². The van der Waals surface area contributed by atoms with E-state index in [1.54, 1.807) is 6.07 Å². The lowest BCUT2D eigenvalue weighted by atomic mass is 9.82. The molecule has 0 fully saturated rings. The monoisotopic (exact) mass is 279 g/mol. The molecule has 0 radical (unpaired) electrons. The zero-order valence-corrected chi connectivity index (χ0v) is 11.4. The summed E-state index contributed by atoms with van der Waals surface area (Å²) in [5.74, 6) is -0.216. The lowest BCUT2D eigenvalue weighted by Gasteiger charge is -2.36. The Hall–Kier alpha value is -2.42. The number of carbonyl (C=O) groups excluding carboxylic acids is 1. The first kappa shape index (κ1) is 12.3. The molecule has 104 valence electrons. The van der Waals surface area contributed by atoms with Crippen LogP contribution in [0.5, 0.6) is 0 Å². The van der Waals surface area contributed by atoms with Crippen LogP contribution < -0.4 is 4.90 Å². The second kappa shape index (κ2) is 4.55. The Morgan fingerprint density at radius 3 is 2.86 bits per heavy atom. The highest BCUT2D eigenvalue weighted by molar-refractivity contribution is 6.01. The highest BCUT2D eigenvalue weighted by atomic mass is 19.1. The minimum atomic E-state index is -0.257. The Morgan fingerprint density at radius 1 is 1.14 bits per heavy atom. The maximum absolute atomic E-state index is 13.5. The van der Waals surface area contributed by atoms with Crippen LogP contribution in [0.3, 0.4) is 0 Å². The summed E-state index contributed by atoms with van der Waals surface area (Å²) in [6, 6.07) is 12.6. The lowest BCUT2D eigenvalue weighted by Crippen LogP contribution is -2.38. The number of hydrogen-bond acceptors (Lipinski definition) is 1. The average molecular weight is 279 g/mol. The molecular weight excluding hydrogens is 265 g/mol. The molecule has 2 aromatic rings. The van der Waals surface area contributed by atoms with E-state index in [-0.39, 0.29) is 17.6 Å². The van der Waals surface area contributed by atoms with Gasteiger partial charge < -0.3 is 4.90 Å². The number of halogens is 1. The van der Waals surface area contributed by atoms with E-state index in [0.29, 0.717) is 13.0 Å². The Labute approximate surface area is 122 Å². The minimum absolute atomic E-state index is 0.0640. The van der Waals surface area contributed by atoms with Crippen LogP contribution in [0.4, 0.5) is 10.1 Å². The van der Waals surface area contributed by atoms with Gasteiger partial charge in [-0.15, -0.1) is 0 Å². The van der Waals surface area contributed by atoms with Gasteiger partial charge in [-0.05, 0) is 28.8 Å². The van der Waals surface area contributed by atoms with Crippen molar-refractivity contribution in [2.24, 2.45) is 0 Å². The van der Waals surface area contributed by atoms with Gasteiger partial charge in [0.25, 0.3) is 0 Å². The predicted octanol–water partition coefficient (Wildman–Crippen LogP) is 3.72. The van der Waals surface area contributed by atoms with Crippen molar-refractivity contribution >= 4 is 17.7 Å². The molecule has 2 aliphatic heterocycles. The normalized spacial score (nSPS) is 19.6. The highest BCUT2D eigenvalue weighted by Crippen LogP contribution is 2.43. The van der Waals surface area contributed by atoms with Gasteiger partial charge >= 0.3 is 0 Å². The summed E-state index contributed by atoms with van der Waals surface area (Å²) in [4.78, 5) is 14.3. The number of hydrogen-bond donors (Lipinski definition) is 0. The van der Waals surface area contributed by atoms with Crippen LogP contribution in [0.25, 0.3) is 6.08 Å². The third-order valence-corrected chi connectivity index (χ3v) is 4.26. The van der Waals surface area contributed by atoms with E-state index in [1.807, 2.05) is 35.2 Å². The SMILES string of the molecule is O=C1CC(c2cccc(F)c2)c2cccc3c2N1CC=C3. The summed E-state index contributed by atoms with van der Waals surface area (Å²) in [5.41, 5.74) is 4.03. The molecule has 0 saturated heterocycles. The van der Waals surface area contributed by atoms with Crippen molar-refractivity contribution in [3.05, 3.63) is 71.0 Å². The van der Waals surface area contributed by atoms with Crippen molar-refractivity contribution in [3.8, 4) is 0 Å². The molecule has 2 nitrogen and oxygen atoms in total. The predicted molar refractivity (Wildman–Crippen MR) is 80.7 cm³/mol. The van der Waals surface area contributed by atoms with Crippen molar-refractivity contribution in [1.29, 1.82) is 0 Å². The molecule has 3 heteroatoms. The van der Waals surface area contributed by atoms with Crippen molar-refractivity contribution in [3.63, 3.8) is 0 Å². The molecule has 0 spiro atoms. The van der Waals surface area contributed by atoms with E-state index in [0.717, 1.165) is 22.4 Å². The number of para-hydroxylation sites is 1. The van der Waals surface area contributed by atoms with E-state index >= 15 is 0 Å². The van der Waals surface area contributed by atoms with Gasteiger partial charge in [0.2, 0.25) is 5.91 Å². The Balaban J connectivity index is 1.92. The smallest absolute Gasteiger partial charge is 0.228 e. The fourth-order valence-electron chi connectivity index (χ4n) is 3.33. The summed E-state index contributed by atoms with van der Waals surface area (Å²) in [6.45, 7) is 0.624. The first-order valence-corrected chi connectivity index (χ1v) is 7.09. The summed E-state index contributed by atoms with van der Waals surface area (Å²) < 4.78 is 13.5. The van der Waals surface area contributed by atoms with Gasteiger partial charge in [0.15, 0.2) is 0 Å². The van der Waals surface area contributed by atoms with Gasteiger partial charge in [0.05, 0.1) is 5.69 Å². The van der Waals surface area contributed by atoms with Gasteiger partial charge in [-0.2, -0.15) is 0 Å².